The maximum atomic E-state index is 9.44. The fourth-order valence-corrected chi connectivity index (χ4v) is 1.39. The first-order chi connectivity index (χ1) is 4.79. The van der Waals surface area contributed by atoms with Crippen LogP contribution in [0.1, 0.15) is 16.7 Å². The summed E-state index contributed by atoms with van der Waals surface area (Å²) in [4.78, 5) is 0. The SMILES string of the molecule is Cc1ccc2c(c1O)CC2. The average molecular weight is 134 g/mol. The van der Waals surface area contributed by atoms with Crippen LogP contribution >= 0.6 is 0 Å². The summed E-state index contributed by atoms with van der Waals surface area (Å²) in [5.74, 6) is 0.517. The van der Waals surface area contributed by atoms with Crippen LogP contribution in [0.2, 0.25) is 0 Å². The first-order valence-corrected chi connectivity index (χ1v) is 3.59. The zero-order valence-electron chi connectivity index (χ0n) is 6.02. The smallest absolute Gasteiger partial charge is 0.121 e. The molecule has 0 heterocycles. The van der Waals surface area contributed by atoms with Crippen LogP contribution < -0.4 is 0 Å². The van der Waals surface area contributed by atoms with E-state index in [2.05, 4.69) is 6.07 Å². The number of hydrogen-bond acceptors (Lipinski definition) is 1. The van der Waals surface area contributed by atoms with E-state index in [0.717, 1.165) is 18.4 Å². The molecule has 1 aliphatic rings. The first-order valence-electron chi connectivity index (χ1n) is 3.59. The van der Waals surface area contributed by atoms with Crippen molar-refractivity contribution in [2.45, 2.75) is 19.8 Å². The number of fused-ring (bicyclic) bond motifs is 1. The van der Waals surface area contributed by atoms with Crippen molar-refractivity contribution in [3.8, 4) is 5.75 Å². The number of rotatable bonds is 0. The molecule has 0 radical (unpaired) electrons. The molecular formula is C9H10O. The standard InChI is InChI=1S/C9H10O/c1-6-2-3-7-4-5-8(7)9(6)10/h2-3,10H,4-5H2,1H3. The lowest BCUT2D eigenvalue weighted by molar-refractivity contribution is 0.457. The maximum Gasteiger partial charge on any atom is 0.121 e. The predicted octanol–water partition coefficient (Wildman–Crippen LogP) is 1.80. The van der Waals surface area contributed by atoms with Crippen LogP contribution in [0.15, 0.2) is 12.1 Å². The summed E-state index contributed by atoms with van der Waals surface area (Å²) in [6.07, 6.45) is 2.20. The predicted molar refractivity (Wildman–Crippen MR) is 40.3 cm³/mol. The number of phenols is 1. The molecule has 0 saturated heterocycles. The van der Waals surface area contributed by atoms with E-state index in [-0.39, 0.29) is 0 Å². The second-order valence-electron chi connectivity index (χ2n) is 2.87. The van der Waals surface area contributed by atoms with Gasteiger partial charge in [0.2, 0.25) is 0 Å². The van der Waals surface area contributed by atoms with E-state index in [1.807, 2.05) is 13.0 Å². The quantitative estimate of drug-likeness (QED) is 0.573. The minimum absolute atomic E-state index is 0.517. The Bertz CT molecular complexity index is 261. The van der Waals surface area contributed by atoms with Crippen molar-refractivity contribution in [1.29, 1.82) is 0 Å². The van der Waals surface area contributed by atoms with Gasteiger partial charge in [0.05, 0.1) is 0 Å². The molecule has 0 saturated carbocycles. The third-order valence-electron chi connectivity index (χ3n) is 2.23. The molecule has 2 rings (SSSR count). The molecule has 0 aliphatic heterocycles. The van der Waals surface area contributed by atoms with E-state index in [9.17, 15) is 5.11 Å². The van der Waals surface area contributed by atoms with Crippen molar-refractivity contribution in [2.24, 2.45) is 0 Å². The van der Waals surface area contributed by atoms with Gasteiger partial charge < -0.3 is 5.11 Å². The van der Waals surface area contributed by atoms with Gasteiger partial charge in [-0.3, -0.25) is 0 Å². The van der Waals surface area contributed by atoms with Gasteiger partial charge in [0.1, 0.15) is 5.75 Å². The molecule has 1 aromatic rings. The molecule has 0 spiro atoms. The Morgan fingerprint density at radius 2 is 2.10 bits per heavy atom. The van der Waals surface area contributed by atoms with Gasteiger partial charge in [-0.1, -0.05) is 12.1 Å². The van der Waals surface area contributed by atoms with E-state index < -0.39 is 0 Å². The van der Waals surface area contributed by atoms with Crippen LogP contribution in [0.4, 0.5) is 0 Å². The fourth-order valence-electron chi connectivity index (χ4n) is 1.39. The lowest BCUT2D eigenvalue weighted by Gasteiger charge is -2.20. The third kappa shape index (κ3) is 0.576. The number of benzene rings is 1. The van der Waals surface area contributed by atoms with E-state index in [0.29, 0.717) is 5.75 Å². The second-order valence-corrected chi connectivity index (χ2v) is 2.87. The minimum atomic E-state index is 0.517. The highest BCUT2D eigenvalue weighted by atomic mass is 16.3. The molecular weight excluding hydrogens is 124 g/mol. The Kier molecular flexibility index (Phi) is 1.01. The van der Waals surface area contributed by atoms with E-state index in [1.165, 1.54) is 11.1 Å². The van der Waals surface area contributed by atoms with Gasteiger partial charge in [0, 0.05) is 0 Å². The molecule has 1 aliphatic carbocycles. The van der Waals surface area contributed by atoms with Crippen LogP contribution in [0.25, 0.3) is 0 Å². The molecule has 0 unspecified atom stereocenters. The Morgan fingerprint density at radius 1 is 1.30 bits per heavy atom. The maximum absolute atomic E-state index is 9.44. The van der Waals surface area contributed by atoms with Crippen LogP contribution in [-0.2, 0) is 12.8 Å². The molecule has 1 aromatic carbocycles. The van der Waals surface area contributed by atoms with Crippen molar-refractivity contribution in [2.75, 3.05) is 0 Å². The van der Waals surface area contributed by atoms with E-state index >= 15 is 0 Å². The number of hydrogen-bond donors (Lipinski definition) is 1. The molecule has 0 fully saturated rings. The van der Waals surface area contributed by atoms with Gasteiger partial charge >= 0.3 is 0 Å². The lowest BCUT2D eigenvalue weighted by atomic mass is 9.86. The van der Waals surface area contributed by atoms with Gasteiger partial charge in [-0.15, -0.1) is 0 Å². The molecule has 1 nitrogen and oxygen atoms in total. The summed E-state index contributed by atoms with van der Waals surface area (Å²) in [6, 6.07) is 4.08. The monoisotopic (exact) mass is 134 g/mol. The summed E-state index contributed by atoms with van der Waals surface area (Å²) in [5.41, 5.74) is 3.49. The van der Waals surface area contributed by atoms with Crippen molar-refractivity contribution in [3.63, 3.8) is 0 Å². The fraction of sp³-hybridized carbons (Fsp3) is 0.333. The largest absolute Gasteiger partial charge is 0.507 e. The molecule has 0 bridgehead atoms. The molecule has 0 amide bonds. The lowest BCUT2D eigenvalue weighted by Crippen LogP contribution is -2.08. The van der Waals surface area contributed by atoms with Gasteiger partial charge in [-0.25, -0.2) is 0 Å². The third-order valence-corrected chi connectivity index (χ3v) is 2.23. The molecule has 1 N–H and O–H groups in total. The van der Waals surface area contributed by atoms with Crippen LogP contribution in [0.5, 0.6) is 5.75 Å². The Hall–Kier alpha value is -0.980. The number of aromatic hydroxyl groups is 1. The number of aryl methyl sites for hydroxylation is 2. The van der Waals surface area contributed by atoms with E-state index in [1.54, 1.807) is 0 Å². The normalized spacial score (nSPS) is 14.1. The van der Waals surface area contributed by atoms with Crippen molar-refractivity contribution >= 4 is 0 Å². The summed E-state index contributed by atoms with van der Waals surface area (Å²) >= 11 is 0. The van der Waals surface area contributed by atoms with Crippen LogP contribution in [0, 0.1) is 6.92 Å². The van der Waals surface area contributed by atoms with Gasteiger partial charge in [0.15, 0.2) is 0 Å². The highest BCUT2D eigenvalue weighted by Gasteiger charge is 2.17. The molecule has 0 atom stereocenters. The van der Waals surface area contributed by atoms with Crippen molar-refractivity contribution in [1.82, 2.24) is 0 Å². The van der Waals surface area contributed by atoms with Crippen molar-refractivity contribution < 1.29 is 5.11 Å². The topological polar surface area (TPSA) is 20.2 Å². The first kappa shape index (κ1) is 5.78. The summed E-state index contributed by atoms with van der Waals surface area (Å²) < 4.78 is 0. The summed E-state index contributed by atoms with van der Waals surface area (Å²) in [5, 5.41) is 9.44. The highest BCUT2D eigenvalue weighted by molar-refractivity contribution is 5.49. The minimum Gasteiger partial charge on any atom is -0.507 e. The van der Waals surface area contributed by atoms with Crippen LogP contribution in [0.3, 0.4) is 0 Å². The molecule has 0 aromatic heterocycles. The molecule has 1 heteroatoms. The Labute approximate surface area is 60.3 Å². The Morgan fingerprint density at radius 3 is 2.60 bits per heavy atom. The van der Waals surface area contributed by atoms with E-state index in [4.69, 9.17) is 0 Å². The van der Waals surface area contributed by atoms with Gasteiger partial charge in [-0.2, -0.15) is 0 Å². The van der Waals surface area contributed by atoms with Gasteiger partial charge in [-0.05, 0) is 36.5 Å². The second kappa shape index (κ2) is 1.75. The Balaban J connectivity index is 2.66. The summed E-state index contributed by atoms with van der Waals surface area (Å²) in [6.45, 7) is 1.94. The highest BCUT2D eigenvalue weighted by Crippen LogP contribution is 2.33. The molecule has 10 heavy (non-hydrogen) atoms. The summed E-state index contributed by atoms with van der Waals surface area (Å²) in [7, 11) is 0. The average Bonchev–Trinajstić information content (AvgIpc) is 1.82. The van der Waals surface area contributed by atoms with Crippen molar-refractivity contribution in [3.05, 3.63) is 28.8 Å². The zero-order valence-corrected chi connectivity index (χ0v) is 6.02. The van der Waals surface area contributed by atoms with Gasteiger partial charge in [0.25, 0.3) is 0 Å². The molecule has 52 valence electrons. The number of phenolic OH excluding ortho intramolecular Hbond substituents is 1. The van der Waals surface area contributed by atoms with Crippen LogP contribution in [-0.4, -0.2) is 5.11 Å². The zero-order chi connectivity index (χ0) is 7.14.